The topological polar surface area (TPSA) is 135 Å². The molecule has 0 saturated heterocycles. The molecule has 0 fully saturated rings. The molecule has 292 valence electrons. The number of halogens is 2. The Kier molecular flexibility index (Phi) is 10.5. The van der Waals surface area contributed by atoms with Gasteiger partial charge in [0.2, 0.25) is 0 Å². The van der Waals surface area contributed by atoms with Crippen LogP contribution in [0.25, 0.3) is 44.1 Å². The third kappa shape index (κ3) is 6.60. The SMILES string of the molecule is COc1ccc2c3c(c(NCCN(C)CCCN(C)CCNc4nc5c(C)c(OC)ccc5c5c4C(=O)c4ccnc(Cl)c4-5)nc2c1C)C(=O)c1ccnc(Cl)c1-3. The van der Waals surface area contributed by atoms with Crippen LogP contribution in [0.4, 0.5) is 11.6 Å². The largest absolute Gasteiger partial charge is 0.496 e. The van der Waals surface area contributed by atoms with Crippen LogP contribution in [-0.4, -0.2) is 109 Å². The molecule has 0 amide bonds. The van der Waals surface area contributed by atoms with E-state index in [0.717, 1.165) is 88.2 Å². The van der Waals surface area contributed by atoms with Crippen LogP contribution in [0.15, 0.2) is 48.8 Å². The molecular weight excluding hydrogens is 763 g/mol. The number of ketones is 2. The first-order chi connectivity index (χ1) is 27.5. The number of carbonyl (C=O) groups excluding carboxylic acids is 2. The Bertz CT molecular complexity index is 2460. The number of nitrogens with zero attached hydrogens (tertiary/aromatic N) is 6. The van der Waals surface area contributed by atoms with Crippen LogP contribution in [0.3, 0.4) is 0 Å². The molecule has 12 nitrogen and oxygen atoms in total. The Hall–Kier alpha value is -5.40. The highest BCUT2D eigenvalue weighted by Crippen LogP contribution is 2.49. The van der Waals surface area contributed by atoms with Crippen molar-refractivity contribution in [1.82, 2.24) is 29.7 Å². The third-order valence-electron chi connectivity index (χ3n) is 11.1. The van der Waals surface area contributed by atoms with E-state index >= 15 is 0 Å². The van der Waals surface area contributed by atoms with Gasteiger partial charge >= 0.3 is 0 Å². The fourth-order valence-electron chi connectivity index (χ4n) is 8.12. The fraction of sp³-hybridized carbons (Fsp3) is 0.302. The molecule has 0 aliphatic heterocycles. The van der Waals surface area contributed by atoms with Crippen LogP contribution >= 0.6 is 23.2 Å². The number of likely N-dealkylation sites (N-methyl/N-ethyl adjacent to an activating group) is 2. The number of hydrogen-bond acceptors (Lipinski definition) is 12. The zero-order chi connectivity index (χ0) is 40.1. The van der Waals surface area contributed by atoms with Gasteiger partial charge in [-0.25, -0.2) is 19.9 Å². The van der Waals surface area contributed by atoms with Gasteiger partial charge < -0.3 is 29.9 Å². The quantitative estimate of drug-likeness (QED) is 0.104. The smallest absolute Gasteiger partial charge is 0.198 e. The third-order valence-corrected chi connectivity index (χ3v) is 11.6. The van der Waals surface area contributed by atoms with Gasteiger partial charge in [-0.2, -0.15) is 0 Å². The molecule has 2 aliphatic rings. The van der Waals surface area contributed by atoms with Gasteiger partial charge in [-0.3, -0.25) is 9.59 Å². The van der Waals surface area contributed by atoms with Crippen molar-refractivity contribution in [2.24, 2.45) is 0 Å². The average Bonchev–Trinajstić information content (AvgIpc) is 3.68. The highest BCUT2D eigenvalue weighted by atomic mass is 35.5. The summed E-state index contributed by atoms with van der Waals surface area (Å²) in [5.74, 6) is 2.26. The van der Waals surface area contributed by atoms with Gasteiger partial charge in [0, 0.05) is 93.9 Å². The van der Waals surface area contributed by atoms with Crippen molar-refractivity contribution < 1.29 is 19.1 Å². The average molecular weight is 806 g/mol. The molecule has 14 heteroatoms. The summed E-state index contributed by atoms with van der Waals surface area (Å²) in [5.41, 5.74) is 8.15. The molecule has 4 aromatic heterocycles. The number of ether oxygens (including phenoxy) is 2. The van der Waals surface area contributed by atoms with E-state index in [1.54, 1.807) is 38.7 Å². The van der Waals surface area contributed by atoms with Crippen LogP contribution in [-0.2, 0) is 0 Å². The van der Waals surface area contributed by atoms with E-state index in [9.17, 15) is 9.59 Å². The number of aryl methyl sites for hydroxylation is 2. The number of methoxy groups -OCH3 is 2. The van der Waals surface area contributed by atoms with E-state index in [1.807, 2.05) is 38.1 Å². The Balaban J connectivity index is 0.898. The molecule has 0 saturated carbocycles. The lowest BCUT2D eigenvalue weighted by molar-refractivity contribution is 0.103. The summed E-state index contributed by atoms with van der Waals surface area (Å²) in [6.45, 7) is 8.30. The number of anilines is 2. The Labute approximate surface area is 340 Å². The molecule has 0 spiro atoms. The van der Waals surface area contributed by atoms with E-state index < -0.39 is 0 Å². The number of hydrogen-bond donors (Lipinski definition) is 2. The lowest BCUT2D eigenvalue weighted by Gasteiger charge is -2.22. The van der Waals surface area contributed by atoms with Gasteiger partial charge in [0.05, 0.1) is 36.4 Å². The molecule has 2 N–H and O–H groups in total. The van der Waals surface area contributed by atoms with E-state index in [1.165, 1.54) is 0 Å². The minimum atomic E-state index is -0.116. The molecule has 0 atom stereocenters. The fourth-order valence-corrected chi connectivity index (χ4v) is 8.62. The number of nitrogens with one attached hydrogen (secondary N) is 2. The van der Waals surface area contributed by atoms with E-state index in [4.69, 9.17) is 42.6 Å². The van der Waals surface area contributed by atoms with Crippen molar-refractivity contribution in [1.29, 1.82) is 0 Å². The van der Waals surface area contributed by atoms with Crippen molar-refractivity contribution in [3.05, 3.63) is 92.5 Å². The molecule has 8 rings (SSSR count). The van der Waals surface area contributed by atoms with Gasteiger partial charge in [-0.15, -0.1) is 0 Å². The number of fused-ring (bicyclic) bond motifs is 10. The maximum atomic E-state index is 13.7. The number of pyridine rings is 4. The van der Waals surface area contributed by atoms with Crippen LogP contribution in [0.1, 0.15) is 49.4 Å². The van der Waals surface area contributed by atoms with Crippen LogP contribution in [0, 0.1) is 13.8 Å². The molecule has 57 heavy (non-hydrogen) atoms. The second kappa shape index (κ2) is 15.5. The monoisotopic (exact) mass is 804 g/mol. The van der Waals surface area contributed by atoms with Gasteiger partial charge in [0.25, 0.3) is 0 Å². The Morgan fingerprint density at radius 2 is 1.02 bits per heavy atom. The summed E-state index contributed by atoms with van der Waals surface area (Å²) in [4.78, 5) is 50.5. The number of aromatic nitrogens is 4. The lowest BCUT2D eigenvalue weighted by Crippen LogP contribution is -2.31. The first-order valence-corrected chi connectivity index (χ1v) is 19.6. The molecule has 2 aromatic carbocycles. The lowest BCUT2D eigenvalue weighted by atomic mass is 9.99. The predicted octanol–water partition coefficient (Wildman–Crippen LogP) is 7.71. The minimum absolute atomic E-state index is 0.116. The zero-order valence-corrected chi connectivity index (χ0v) is 34.2. The summed E-state index contributed by atoms with van der Waals surface area (Å²) < 4.78 is 11.2. The maximum Gasteiger partial charge on any atom is 0.198 e. The highest BCUT2D eigenvalue weighted by Gasteiger charge is 2.36. The van der Waals surface area contributed by atoms with E-state index in [0.29, 0.717) is 68.4 Å². The highest BCUT2D eigenvalue weighted by molar-refractivity contribution is 6.38. The van der Waals surface area contributed by atoms with Gasteiger partial charge in [-0.1, -0.05) is 23.2 Å². The number of rotatable bonds is 14. The Morgan fingerprint density at radius 1 is 0.596 bits per heavy atom. The van der Waals surface area contributed by atoms with Crippen molar-refractivity contribution in [2.75, 3.05) is 78.2 Å². The molecule has 0 radical (unpaired) electrons. The first-order valence-electron chi connectivity index (χ1n) is 18.8. The normalized spacial score (nSPS) is 12.7. The molecule has 4 heterocycles. The summed E-state index contributed by atoms with van der Waals surface area (Å²) in [6, 6.07) is 11.1. The summed E-state index contributed by atoms with van der Waals surface area (Å²) >= 11 is 13.2. The zero-order valence-electron chi connectivity index (χ0n) is 32.6. The van der Waals surface area contributed by atoms with Gasteiger partial charge in [0.15, 0.2) is 11.6 Å². The van der Waals surface area contributed by atoms with Crippen molar-refractivity contribution in [3.8, 4) is 33.8 Å². The van der Waals surface area contributed by atoms with Crippen molar-refractivity contribution >= 4 is 68.2 Å². The second-order valence-electron chi connectivity index (χ2n) is 14.5. The minimum Gasteiger partial charge on any atom is -0.496 e. The molecule has 0 bridgehead atoms. The van der Waals surface area contributed by atoms with Gasteiger partial charge in [0.1, 0.15) is 33.4 Å². The van der Waals surface area contributed by atoms with Crippen molar-refractivity contribution in [2.45, 2.75) is 20.3 Å². The van der Waals surface area contributed by atoms with Crippen molar-refractivity contribution in [3.63, 3.8) is 0 Å². The molecular formula is C43H42Cl2N8O4. The number of benzene rings is 2. The predicted molar refractivity (Wildman–Crippen MR) is 226 cm³/mol. The standard InChI is InChI=1S/C43H42Cl2N8O4/c1-22-28(56-5)10-8-24-30-32-26(12-14-46-40(32)44)38(54)34(30)42(50-36(22)24)48-16-20-52(3)18-7-19-53(4)21-17-49-43-35-31(33-27(39(35)55)13-15-47-41(33)45)25-9-11-29(57-6)23(2)37(25)51-43/h8-15H,7,16-21H2,1-6H3,(H,48,50)(H,49,51). The summed E-state index contributed by atoms with van der Waals surface area (Å²) in [5, 5.41) is 9.19. The van der Waals surface area contributed by atoms with E-state index in [2.05, 4.69) is 44.5 Å². The first kappa shape index (κ1) is 38.5. The summed E-state index contributed by atoms with van der Waals surface area (Å²) in [6.07, 6.45) is 4.07. The molecule has 0 unspecified atom stereocenters. The maximum absolute atomic E-state index is 13.7. The molecule has 6 aromatic rings. The van der Waals surface area contributed by atoms with Crippen LogP contribution in [0.5, 0.6) is 11.5 Å². The van der Waals surface area contributed by atoms with E-state index in [-0.39, 0.29) is 11.6 Å². The second-order valence-corrected chi connectivity index (χ2v) is 15.2. The summed E-state index contributed by atoms with van der Waals surface area (Å²) in [7, 11) is 7.44. The van der Waals surface area contributed by atoms with Gasteiger partial charge in [-0.05, 0) is 83.9 Å². The van der Waals surface area contributed by atoms with Crippen LogP contribution in [0.2, 0.25) is 10.3 Å². The van der Waals surface area contributed by atoms with Crippen LogP contribution < -0.4 is 20.1 Å². The Morgan fingerprint density at radius 3 is 1.42 bits per heavy atom. The molecule has 2 aliphatic carbocycles. The number of carbonyl (C=O) groups is 2.